The third kappa shape index (κ3) is 4.40. The van der Waals surface area contributed by atoms with Gasteiger partial charge >= 0.3 is 0 Å². The molecule has 0 aliphatic heterocycles. The number of pyridine rings is 1. The number of nitrogens with zero attached hydrogens (tertiary/aromatic N) is 1. The highest BCUT2D eigenvalue weighted by atomic mass is 32.2. The molecule has 0 amide bonds. The Labute approximate surface area is 95.0 Å². The van der Waals surface area contributed by atoms with Crippen LogP contribution in [-0.4, -0.2) is 22.5 Å². The number of nitrogens with two attached hydrogens (primary N) is 1. The molecule has 0 bridgehead atoms. The zero-order valence-electron chi connectivity index (χ0n) is 9.16. The van der Waals surface area contributed by atoms with Gasteiger partial charge in [-0.05, 0) is 24.8 Å². The van der Waals surface area contributed by atoms with E-state index < -0.39 is 0 Å². The van der Waals surface area contributed by atoms with E-state index in [0.717, 1.165) is 17.3 Å². The van der Waals surface area contributed by atoms with Gasteiger partial charge in [0.25, 0.3) is 0 Å². The van der Waals surface area contributed by atoms with Crippen molar-refractivity contribution in [1.29, 1.82) is 0 Å². The van der Waals surface area contributed by atoms with Gasteiger partial charge in [0.15, 0.2) is 0 Å². The summed E-state index contributed by atoms with van der Waals surface area (Å²) in [6, 6.07) is 6.10. The molecule has 4 nitrogen and oxygen atoms in total. The summed E-state index contributed by atoms with van der Waals surface area (Å²) in [5, 5.41) is 3.32. The van der Waals surface area contributed by atoms with Crippen LogP contribution in [0, 0.1) is 0 Å². The van der Waals surface area contributed by atoms with Crippen molar-refractivity contribution in [1.82, 2.24) is 4.98 Å². The number of hydrogen-bond acceptors (Lipinski definition) is 5. The zero-order chi connectivity index (χ0) is 11.1. The van der Waals surface area contributed by atoms with E-state index in [1.165, 1.54) is 0 Å². The van der Waals surface area contributed by atoms with Crippen molar-refractivity contribution in [2.75, 3.05) is 22.2 Å². The lowest BCUT2D eigenvalue weighted by molar-refractivity contribution is 0.902. The summed E-state index contributed by atoms with van der Waals surface area (Å²) in [6.07, 6.45) is 0. The molecule has 84 valence electrons. The van der Waals surface area contributed by atoms with Crippen LogP contribution in [0.1, 0.15) is 13.8 Å². The molecular formula is C10H18N4S. The summed E-state index contributed by atoms with van der Waals surface area (Å²) in [5.41, 5.74) is 2.53. The molecule has 1 rings (SSSR count). The molecule has 1 atom stereocenters. The third-order valence-corrected chi connectivity index (χ3v) is 3.01. The van der Waals surface area contributed by atoms with Crippen molar-refractivity contribution < 1.29 is 0 Å². The third-order valence-electron chi connectivity index (χ3n) is 1.86. The number of rotatable bonds is 6. The molecule has 1 aromatic rings. The van der Waals surface area contributed by atoms with Crippen LogP contribution >= 0.6 is 11.8 Å². The van der Waals surface area contributed by atoms with Crippen molar-refractivity contribution in [2.45, 2.75) is 19.9 Å². The number of nitrogens with one attached hydrogen (secondary N) is 2. The molecule has 5 heteroatoms. The number of thioether (sulfide) groups is 1. The Bertz CT molecular complexity index is 293. The van der Waals surface area contributed by atoms with Crippen LogP contribution in [-0.2, 0) is 0 Å². The monoisotopic (exact) mass is 226 g/mol. The molecule has 0 fully saturated rings. The molecule has 4 N–H and O–H groups in total. The second kappa shape index (κ2) is 6.53. The van der Waals surface area contributed by atoms with E-state index in [2.05, 4.69) is 29.6 Å². The van der Waals surface area contributed by atoms with Gasteiger partial charge in [-0.3, -0.25) is 0 Å². The SMILES string of the molecule is CCSCC(C)Nc1cccc(NN)n1. The van der Waals surface area contributed by atoms with Crippen LogP contribution in [0.25, 0.3) is 0 Å². The van der Waals surface area contributed by atoms with Gasteiger partial charge in [-0.15, -0.1) is 0 Å². The predicted molar refractivity (Wildman–Crippen MR) is 68.1 cm³/mol. The second-order valence-corrected chi connectivity index (χ2v) is 4.58. The molecule has 0 aliphatic carbocycles. The maximum absolute atomic E-state index is 5.29. The summed E-state index contributed by atoms with van der Waals surface area (Å²) >= 11 is 1.91. The van der Waals surface area contributed by atoms with Gasteiger partial charge in [0, 0.05) is 11.8 Å². The molecule has 1 aromatic heterocycles. The van der Waals surface area contributed by atoms with E-state index in [1.807, 2.05) is 30.0 Å². The number of aromatic nitrogens is 1. The minimum atomic E-state index is 0.412. The van der Waals surface area contributed by atoms with Crippen LogP contribution < -0.4 is 16.6 Å². The summed E-state index contributed by atoms with van der Waals surface area (Å²) in [5.74, 6) is 9.04. The van der Waals surface area contributed by atoms with E-state index in [9.17, 15) is 0 Å². The van der Waals surface area contributed by atoms with Crippen molar-refractivity contribution >= 4 is 23.4 Å². The Balaban J connectivity index is 2.48. The quantitative estimate of drug-likeness (QED) is 0.511. The number of hydrazine groups is 1. The van der Waals surface area contributed by atoms with Gasteiger partial charge < -0.3 is 10.7 Å². The maximum atomic E-state index is 5.29. The molecule has 0 radical (unpaired) electrons. The van der Waals surface area contributed by atoms with Crippen LogP contribution in [0.15, 0.2) is 18.2 Å². The smallest absolute Gasteiger partial charge is 0.142 e. The molecule has 0 saturated heterocycles. The molecule has 15 heavy (non-hydrogen) atoms. The first-order valence-corrected chi connectivity index (χ1v) is 6.19. The van der Waals surface area contributed by atoms with Crippen molar-refractivity contribution in [3.8, 4) is 0 Å². The fourth-order valence-corrected chi connectivity index (χ4v) is 1.86. The number of nitrogen functional groups attached to an aromatic ring is 1. The van der Waals surface area contributed by atoms with Gasteiger partial charge in [0.2, 0.25) is 0 Å². The van der Waals surface area contributed by atoms with Crippen molar-refractivity contribution in [3.63, 3.8) is 0 Å². The Hall–Kier alpha value is -0.940. The molecule has 0 spiro atoms. The van der Waals surface area contributed by atoms with E-state index in [1.54, 1.807) is 0 Å². The fraction of sp³-hybridized carbons (Fsp3) is 0.500. The highest BCUT2D eigenvalue weighted by molar-refractivity contribution is 7.99. The highest BCUT2D eigenvalue weighted by Gasteiger charge is 2.02. The zero-order valence-corrected chi connectivity index (χ0v) is 9.97. The first-order chi connectivity index (χ1) is 7.26. The lowest BCUT2D eigenvalue weighted by Crippen LogP contribution is -2.19. The van der Waals surface area contributed by atoms with Gasteiger partial charge in [-0.1, -0.05) is 13.0 Å². The van der Waals surface area contributed by atoms with Gasteiger partial charge in [-0.2, -0.15) is 11.8 Å². The van der Waals surface area contributed by atoms with Crippen LogP contribution in [0.2, 0.25) is 0 Å². The Kier molecular flexibility index (Phi) is 5.28. The average Bonchev–Trinajstić information content (AvgIpc) is 2.26. The van der Waals surface area contributed by atoms with Gasteiger partial charge in [0.1, 0.15) is 11.6 Å². The van der Waals surface area contributed by atoms with E-state index >= 15 is 0 Å². The summed E-state index contributed by atoms with van der Waals surface area (Å²) in [4.78, 5) is 4.28. The summed E-state index contributed by atoms with van der Waals surface area (Å²) in [6.45, 7) is 4.31. The largest absolute Gasteiger partial charge is 0.367 e. The Morgan fingerprint density at radius 1 is 1.47 bits per heavy atom. The van der Waals surface area contributed by atoms with Gasteiger partial charge in [0.05, 0.1) is 0 Å². The second-order valence-electron chi connectivity index (χ2n) is 3.26. The van der Waals surface area contributed by atoms with Crippen LogP contribution in [0.4, 0.5) is 11.6 Å². The lowest BCUT2D eigenvalue weighted by atomic mass is 10.3. The molecular weight excluding hydrogens is 208 g/mol. The number of hydrogen-bond donors (Lipinski definition) is 3. The normalized spacial score (nSPS) is 12.2. The highest BCUT2D eigenvalue weighted by Crippen LogP contribution is 2.11. The number of anilines is 2. The van der Waals surface area contributed by atoms with Crippen LogP contribution in [0.3, 0.4) is 0 Å². The molecule has 1 unspecified atom stereocenters. The first kappa shape index (κ1) is 12.1. The maximum Gasteiger partial charge on any atom is 0.142 e. The lowest BCUT2D eigenvalue weighted by Gasteiger charge is -2.14. The van der Waals surface area contributed by atoms with E-state index in [-0.39, 0.29) is 0 Å². The topological polar surface area (TPSA) is 63.0 Å². The Morgan fingerprint density at radius 3 is 2.87 bits per heavy atom. The minimum Gasteiger partial charge on any atom is -0.367 e. The van der Waals surface area contributed by atoms with E-state index in [4.69, 9.17) is 5.84 Å². The standard InChI is InChI=1S/C10H18N4S/c1-3-15-7-8(2)12-9-5-4-6-10(13-9)14-11/h4-6,8H,3,7,11H2,1-2H3,(H2,12,13,14). The Morgan fingerprint density at radius 2 is 2.20 bits per heavy atom. The predicted octanol–water partition coefficient (Wildman–Crippen LogP) is 1.92. The molecule has 0 saturated carbocycles. The van der Waals surface area contributed by atoms with Crippen molar-refractivity contribution in [2.24, 2.45) is 5.84 Å². The summed E-state index contributed by atoms with van der Waals surface area (Å²) < 4.78 is 0. The first-order valence-electron chi connectivity index (χ1n) is 5.04. The van der Waals surface area contributed by atoms with Crippen molar-refractivity contribution in [3.05, 3.63) is 18.2 Å². The molecule has 1 heterocycles. The summed E-state index contributed by atoms with van der Waals surface area (Å²) in [7, 11) is 0. The van der Waals surface area contributed by atoms with Crippen LogP contribution in [0.5, 0.6) is 0 Å². The fourth-order valence-electron chi connectivity index (χ4n) is 1.18. The van der Waals surface area contributed by atoms with Gasteiger partial charge in [-0.25, -0.2) is 10.8 Å². The molecule has 0 aromatic carbocycles. The van der Waals surface area contributed by atoms with E-state index in [0.29, 0.717) is 11.9 Å². The molecule has 0 aliphatic rings. The average molecular weight is 226 g/mol. The minimum absolute atomic E-state index is 0.412.